The van der Waals surface area contributed by atoms with Crippen molar-refractivity contribution in [1.29, 1.82) is 0 Å². The van der Waals surface area contributed by atoms with Gasteiger partial charge in [-0.2, -0.15) is 0 Å². The Morgan fingerprint density at radius 2 is 2.17 bits per heavy atom. The molecule has 6 heteroatoms. The Labute approximate surface area is 105 Å². The van der Waals surface area contributed by atoms with Crippen LogP contribution in [0.2, 0.25) is 0 Å². The number of aliphatic imine (C=N–C) groups is 1. The molecule has 1 saturated heterocycles. The third-order valence-electron chi connectivity index (χ3n) is 2.91. The van der Waals surface area contributed by atoms with Crippen LogP contribution >= 0.6 is 0 Å². The summed E-state index contributed by atoms with van der Waals surface area (Å²) in [6.07, 6.45) is 3.43. The number of hydrogen-bond acceptors (Lipinski definition) is 4. The van der Waals surface area contributed by atoms with E-state index in [4.69, 9.17) is 0 Å². The van der Waals surface area contributed by atoms with Crippen molar-refractivity contribution in [2.24, 2.45) is 10.9 Å². The summed E-state index contributed by atoms with van der Waals surface area (Å²) >= 11 is 0. The third-order valence-corrected chi connectivity index (χ3v) is 2.91. The molecular weight excluding hydrogens is 234 g/mol. The minimum Gasteiger partial charge on any atom is -0.290 e. The summed E-state index contributed by atoms with van der Waals surface area (Å²) < 4.78 is 0. The zero-order valence-electron chi connectivity index (χ0n) is 10.2. The Hall–Kier alpha value is -1.98. The number of amides is 4. The van der Waals surface area contributed by atoms with Crippen molar-refractivity contribution in [1.82, 2.24) is 10.2 Å². The van der Waals surface area contributed by atoms with E-state index in [1.807, 2.05) is 0 Å². The van der Waals surface area contributed by atoms with Gasteiger partial charge in [-0.25, -0.2) is 4.79 Å². The van der Waals surface area contributed by atoms with Gasteiger partial charge in [-0.05, 0) is 19.8 Å². The predicted molar refractivity (Wildman–Crippen MR) is 65.1 cm³/mol. The molecule has 2 rings (SSSR count). The van der Waals surface area contributed by atoms with Gasteiger partial charge >= 0.3 is 6.03 Å². The topological polar surface area (TPSA) is 78.8 Å². The first kappa shape index (κ1) is 12.5. The molecule has 0 aromatic heterocycles. The average Bonchev–Trinajstić information content (AvgIpc) is 3.07. The molecule has 1 atom stereocenters. The lowest BCUT2D eigenvalue weighted by molar-refractivity contribution is -0.139. The molecule has 2 fully saturated rings. The molecule has 0 radical (unpaired) electrons. The molecule has 1 N–H and O–H groups in total. The highest BCUT2D eigenvalue weighted by molar-refractivity contribution is 6.27. The fourth-order valence-electron chi connectivity index (χ4n) is 1.85. The van der Waals surface area contributed by atoms with Crippen LogP contribution in [0, 0.1) is 5.92 Å². The second-order valence-electron chi connectivity index (χ2n) is 4.47. The molecule has 6 nitrogen and oxygen atoms in total. The van der Waals surface area contributed by atoms with E-state index in [9.17, 15) is 14.4 Å². The summed E-state index contributed by atoms with van der Waals surface area (Å²) in [5.74, 6) is -2.10. The van der Waals surface area contributed by atoms with E-state index >= 15 is 0 Å². The zero-order valence-corrected chi connectivity index (χ0v) is 10.2. The number of nitrogens with zero attached hydrogens (tertiary/aromatic N) is 2. The molecule has 4 amide bonds. The maximum Gasteiger partial charge on any atom is 0.331 e. The first-order chi connectivity index (χ1) is 8.54. The van der Waals surface area contributed by atoms with Crippen LogP contribution in [0.5, 0.6) is 0 Å². The Morgan fingerprint density at radius 1 is 1.50 bits per heavy atom. The molecular formula is C12H15N3O3. The highest BCUT2D eigenvalue weighted by Crippen LogP contribution is 2.25. The molecule has 1 saturated carbocycles. The van der Waals surface area contributed by atoms with E-state index < -0.39 is 23.8 Å². The number of imide groups is 2. The summed E-state index contributed by atoms with van der Waals surface area (Å²) in [6, 6.07) is -0.462. The lowest BCUT2D eigenvalue weighted by Crippen LogP contribution is -2.59. The van der Waals surface area contributed by atoms with Crippen LogP contribution < -0.4 is 5.32 Å². The lowest BCUT2D eigenvalue weighted by atomic mass is 9.99. The second-order valence-corrected chi connectivity index (χ2v) is 4.47. The summed E-state index contributed by atoms with van der Waals surface area (Å²) in [6.45, 7) is 5.23. The van der Waals surface area contributed by atoms with E-state index in [2.05, 4.69) is 16.9 Å². The maximum absolute atomic E-state index is 12.1. The quantitative estimate of drug-likeness (QED) is 0.447. The third kappa shape index (κ3) is 2.32. The van der Waals surface area contributed by atoms with Gasteiger partial charge in [-0.3, -0.25) is 24.8 Å². The smallest absolute Gasteiger partial charge is 0.290 e. The zero-order chi connectivity index (χ0) is 13.3. The molecule has 96 valence electrons. The highest BCUT2D eigenvalue weighted by atomic mass is 16.2. The molecule has 1 aliphatic carbocycles. The van der Waals surface area contributed by atoms with Gasteiger partial charge in [0.05, 0.1) is 6.04 Å². The second kappa shape index (κ2) is 4.72. The summed E-state index contributed by atoms with van der Waals surface area (Å²) in [7, 11) is 0. The molecule has 0 bridgehead atoms. The van der Waals surface area contributed by atoms with Crippen molar-refractivity contribution in [3.05, 3.63) is 12.7 Å². The molecule has 1 heterocycles. The van der Waals surface area contributed by atoms with Gasteiger partial charge in [0.15, 0.2) is 5.92 Å². The van der Waals surface area contributed by atoms with Crippen LogP contribution in [0.25, 0.3) is 0 Å². The minimum absolute atomic E-state index is 0.0884. The van der Waals surface area contributed by atoms with Crippen LogP contribution in [-0.2, 0) is 9.59 Å². The van der Waals surface area contributed by atoms with Crippen molar-refractivity contribution < 1.29 is 14.4 Å². The molecule has 18 heavy (non-hydrogen) atoms. The summed E-state index contributed by atoms with van der Waals surface area (Å²) in [5, 5.41) is 2.17. The number of rotatable bonds is 4. The normalized spacial score (nSPS) is 25.2. The van der Waals surface area contributed by atoms with Gasteiger partial charge in [-0.15, -0.1) is 6.58 Å². The van der Waals surface area contributed by atoms with Crippen LogP contribution in [-0.4, -0.2) is 41.0 Å². The standard InChI is InChI=1S/C12H15N3O3/c1-3-6-15-11(17)9(10(16)14-12(15)18)7(2)13-8-4-5-8/h3,8-9H,1,4-6H2,2H3,(H,14,16,18). The fourth-order valence-corrected chi connectivity index (χ4v) is 1.85. The Kier molecular flexibility index (Phi) is 3.27. The first-order valence-corrected chi connectivity index (χ1v) is 5.86. The SMILES string of the molecule is C=CCN1C(=O)NC(=O)C(C(C)=NC2CC2)C1=O. The molecule has 1 unspecified atom stereocenters. The van der Waals surface area contributed by atoms with Crippen molar-refractivity contribution in [3.63, 3.8) is 0 Å². The molecule has 1 aliphatic heterocycles. The van der Waals surface area contributed by atoms with Crippen LogP contribution in [0.4, 0.5) is 4.79 Å². The van der Waals surface area contributed by atoms with Crippen molar-refractivity contribution in [2.75, 3.05) is 6.54 Å². The molecule has 0 aromatic rings. The van der Waals surface area contributed by atoms with E-state index in [1.54, 1.807) is 6.92 Å². The van der Waals surface area contributed by atoms with Crippen LogP contribution in [0.1, 0.15) is 19.8 Å². The van der Waals surface area contributed by atoms with E-state index in [0.717, 1.165) is 17.7 Å². The van der Waals surface area contributed by atoms with E-state index in [-0.39, 0.29) is 12.6 Å². The Balaban J connectivity index is 2.22. The van der Waals surface area contributed by atoms with Gasteiger partial charge in [0.1, 0.15) is 0 Å². The number of carbonyl (C=O) groups excluding carboxylic acids is 3. The van der Waals surface area contributed by atoms with Gasteiger partial charge in [0, 0.05) is 12.3 Å². The summed E-state index contributed by atoms with van der Waals surface area (Å²) in [5.41, 5.74) is 0.474. The monoisotopic (exact) mass is 249 g/mol. The highest BCUT2D eigenvalue weighted by Gasteiger charge is 2.42. The predicted octanol–water partition coefficient (Wildman–Crippen LogP) is 0.490. The molecule has 0 aromatic carbocycles. The minimum atomic E-state index is -0.983. The lowest BCUT2D eigenvalue weighted by Gasteiger charge is -2.29. The number of barbiturate groups is 1. The average molecular weight is 249 g/mol. The maximum atomic E-state index is 12.1. The molecule has 2 aliphatic rings. The number of nitrogens with one attached hydrogen (secondary N) is 1. The summed E-state index contributed by atoms with van der Waals surface area (Å²) in [4.78, 5) is 40.6. The van der Waals surface area contributed by atoms with Gasteiger partial charge in [0.2, 0.25) is 11.8 Å². The first-order valence-electron chi connectivity index (χ1n) is 5.86. The van der Waals surface area contributed by atoms with Gasteiger partial charge in [0.25, 0.3) is 0 Å². The Bertz CT molecular complexity index is 451. The number of urea groups is 1. The fraction of sp³-hybridized carbons (Fsp3) is 0.500. The van der Waals surface area contributed by atoms with Gasteiger partial charge < -0.3 is 0 Å². The van der Waals surface area contributed by atoms with Crippen molar-refractivity contribution in [2.45, 2.75) is 25.8 Å². The van der Waals surface area contributed by atoms with Crippen LogP contribution in [0.3, 0.4) is 0 Å². The van der Waals surface area contributed by atoms with Crippen LogP contribution in [0.15, 0.2) is 17.6 Å². The van der Waals surface area contributed by atoms with E-state index in [0.29, 0.717) is 5.71 Å². The largest absolute Gasteiger partial charge is 0.331 e. The van der Waals surface area contributed by atoms with Gasteiger partial charge in [-0.1, -0.05) is 6.08 Å². The van der Waals surface area contributed by atoms with E-state index in [1.165, 1.54) is 6.08 Å². The van der Waals surface area contributed by atoms with Crippen molar-refractivity contribution in [3.8, 4) is 0 Å². The number of hydrogen-bond donors (Lipinski definition) is 1. The molecule has 0 spiro atoms. The van der Waals surface area contributed by atoms with Crippen molar-refractivity contribution >= 4 is 23.6 Å². The Morgan fingerprint density at radius 3 is 2.72 bits per heavy atom. The number of carbonyl (C=O) groups is 3.